The van der Waals surface area contributed by atoms with Crippen molar-refractivity contribution in [1.29, 1.82) is 0 Å². The molecule has 0 bridgehead atoms. The molecule has 1 unspecified atom stereocenters. The lowest BCUT2D eigenvalue weighted by Crippen LogP contribution is -2.17. The zero-order chi connectivity index (χ0) is 27.9. The van der Waals surface area contributed by atoms with Gasteiger partial charge in [-0.2, -0.15) is 0 Å². The highest BCUT2D eigenvalue weighted by atomic mass is 35.5. The van der Waals surface area contributed by atoms with Gasteiger partial charge in [0.1, 0.15) is 22.1 Å². The first-order valence-electron chi connectivity index (χ1n) is 12.0. The summed E-state index contributed by atoms with van der Waals surface area (Å²) < 4.78 is 18.1. The fourth-order valence-electron chi connectivity index (χ4n) is 3.83. The van der Waals surface area contributed by atoms with Gasteiger partial charge in [-0.1, -0.05) is 41.6 Å². The number of amides is 1. The monoisotopic (exact) mass is 586 g/mol. The topological polar surface area (TPSA) is 105 Å². The summed E-state index contributed by atoms with van der Waals surface area (Å²) in [5, 5.41) is 14.8. The van der Waals surface area contributed by atoms with Crippen molar-refractivity contribution in [2.24, 2.45) is 0 Å². The number of carbonyl (C=O) groups is 2. The number of esters is 1. The van der Waals surface area contributed by atoms with E-state index >= 15 is 0 Å². The summed E-state index contributed by atoms with van der Waals surface area (Å²) in [4.78, 5) is 25.5. The Bertz CT molecular complexity index is 1450. The van der Waals surface area contributed by atoms with Crippen molar-refractivity contribution >= 4 is 51.6 Å². The molecule has 2 heterocycles. The predicted octanol–water partition coefficient (Wildman–Crippen LogP) is 6.35. The first-order chi connectivity index (χ1) is 18.8. The fraction of sp³-hybridized carbons (Fsp3) is 0.259. The zero-order valence-corrected chi connectivity index (χ0v) is 24.2. The summed E-state index contributed by atoms with van der Waals surface area (Å²) in [6.45, 7) is 4.44. The Labute approximate surface area is 239 Å². The second kappa shape index (κ2) is 13.0. The maximum absolute atomic E-state index is 12.9. The van der Waals surface area contributed by atoms with Gasteiger partial charge in [-0.25, -0.2) is 4.79 Å². The second-order valence-electron chi connectivity index (χ2n) is 8.21. The first-order valence-corrected chi connectivity index (χ1v) is 14.2. The smallest absolute Gasteiger partial charge is 0.341 e. The van der Waals surface area contributed by atoms with Crippen LogP contribution in [0, 0.1) is 0 Å². The number of halogens is 1. The van der Waals surface area contributed by atoms with Gasteiger partial charge in [-0.15, -0.1) is 21.5 Å². The largest absolute Gasteiger partial charge is 0.497 e. The lowest BCUT2D eigenvalue weighted by molar-refractivity contribution is -0.113. The summed E-state index contributed by atoms with van der Waals surface area (Å²) in [6.07, 6.45) is -0.385. The highest BCUT2D eigenvalue weighted by molar-refractivity contribution is 7.99. The average molecular weight is 587 g/mol. The molecule has 0 fully saturated rings. The Morgan fingerprint density at radius 2 is 1.90 bits per heavy atom. The summed E-state index contributed by atoms with van der Waals surface area (Å²) >= 11 is 8.57. The molecule has 1 amide bonds. The molecule has 1 atom stereocenters. The molecule has 0 aliphatic heterocycles. The second-order valence-corrected chi connectivity index (χ2v) is 10.5. The molecule has 0 aliphatic rings. The van der Waals surface area contributed by atoms with E-state index in [0.717, 1.165) is 5.56 Å². The number of carbonyl (C=O) groups excluding carboxylic acids is 2. The summed E-state index contributed by atoms with van der Waals surface area (Å²) in [5.41, 5.74) is 1.78. The Morgan fingerprint density at radius 3 is 2.56 bits per heavy atom. The van der Waals surface area contributed by atoms with E-state index < -0.39 is 5.97 Å². The number of hydrogen-bond acceptors (Lipinski definition) is 9. The zero-order valence-electron chi connectivity index (χ0n) is 21.8. The van der Waals surface area contributed by atoms with Crippen molar-refractivity contribution < 1.29 is 23.8 Å². The number of hydrogen-bond donors (Lipinski definition) is 1. The van der Waals surface area contributed by atoms with E-state index in [1.807, 2.05) is 60.2 Å². The number of nitrogens with zero attached hydrogens (tertiary/aromatic N) is 3. The van der Waals surface area contributed by atoms with Crippen molar-refractivity contribution in [2.75, 3.05) is 25.3 Å². The molecule has 0 saturated carbocycles. The van der Waals surface area contributed by atoms with E-state index in [0.29, 0.717) is 50.2 Å². The molecule has 0 saturated heterocycles. The Kier molecular flexibility index (Phi) is 9.50. The van der Waals surface area contributed by atoms with Crippen molar-refractivity contribution in [3.05, 3.63) is 70.3 Å². The van der Waals surface area contributed by atoms with Crippen LogP contribution in [-0.2, 0) is 16.1 Å². The average Bonchev–Trinajstić information content (AvgIpc) is 3.55. The van der Waals surface area contributed by atoms with Crippen molar-refractivity contribution in [1.82, 2.24) is 14.8 Å². The van der Waals surface area contributed by atoms with E-state index in [4.69, 9.17) is 25.8 Å². The van der Waals surface area contributed by atoms with E-state index in [-0.39, 0.29) is 17.8 Å². The van der Waals surface area contributed by atoms with Crippen LogP contribution in [0.25, 0.3) is 11.1 Å². The Morgan fingerprint density at radius 1 is 1.13 bits per heavy atom. The quantitative estimate of drug-likeness (QED) is 0.160. The van der Waals surface area contributed by atoms with Gasteiger partial charge in [0.15, 0.2) is 17.1 Å². The Hall–Kier alpha value is -3.54. The van der Waals surface area contributed by atoms with Gasteiger partial charge in [0, 0.05) is 22.5 Å². The summed E-state index contributed by atoms with van der Waals surface area (Å²) in [5.74, 6) is 1.21. The van der Waals surface area contributed by atoms with Gasteiger partial charge in [-0.3, -0.25) is 4.79 Å². The predicted molar refractivity (Wildman–Crippen MR) is 153 cm³/mol. The van der Waals surface area contributed by atoms with Gasteiger partial charge >= 0.3 is 5.97 Å². The van der Waals surface area contributed by atoms with Crippen LogP contribution in [0.4, 0.5) is 5.00 Å². The van der Waals surface area contributed by atoms with Gasteiger partial charge < -0.3 is 24.1 Å². The molecule has 2 aromatic carbocycles. The van der Waals surface area contributed by atoms with Crippen LogP contribution in [-0.4, -0.2) is 46.6 Å². The molecule has 204 valence electrons. The van der Waals surface area contributed by atoms with E-state index in [1.54, 1.807) is 19.2 Å². The van der Waals surface area contributed by atoms with Gasteiger partial charge in [0.05, 0.1) is 20.0 Å². The SMILES string of the molecule is CCn1c(SCC(=O)Nc2scc(-c3ccc(OC)cc3)c2C(=O)OC)nnc1C(C)Oc1cccc(Cl)c1. The lowest BCUT2D eigenvalue weighted by atomic mass is 10.0. The van der Waals surface area contributed by atoms with E-state index in [1.165, 1.54) is 30.2 Å². The fourth-order valence-corrected chi connectivity index (χ4v) is 5.80. The molecule has 39 heavy (non-hydrogen) atoms. The van der Waals surface area contributed by atoms with Crippen molar-refractivity contribution in [3.8, 4) is 22.6 Å². The highest BCUT2D eigenvalue weighted by Gasteiger charge is 2.24. The third-order valence-electron chi connectivity index (χ3n) is 5.70. The molecular weight excluding hydrogens is 560 g/mol. The van der Waals surface area contributed by atoms with Crippen molar-refractivity contribution in [3.63, 3.8) is 0 Å². The molecular formula is C27H27ClN4O5S2. The maximum Gasteiger partial charge on any atom is 0.341 e. The summed E-state index contributed by atoms with van der Waals surface area (Å²) in [7, 11) is 2.90. The number of ether oxygens (including phenoxy) is 3. The third-order valence-corrected chi connectivity index (χ3v) is 7.80. The molecule has 2 aromatic heterocycles. The minimum Gasteiger partial charge on any atom is -0.497 e. The number of benzene rings is 2. The number of anilines is 1. The molecule has 4 aromatic rings. The minimum atomic E-state index is -0.533. The van der Waals surface area contributed by atoms with Crippen LogP contribution in [0.5, 0.6) is 11.5 Å². The van der Waals surface area contributed by atoms with E-state index in [9.17, 15) is 9.59 Å². The standard InChI is InChI=1S/C27H27ClN4O5S2/c1-5-32-24(16(2)37-20-8-6-7-18(28)13-20)30-31-27(32)39-15-22(33)29-25-23(26(34)36-4)21(14-38-25)17-9-11-19(35-3)12-10-17/h6-14,16H,5,15H2,1-4H3,(H,29,33). The van der Waals surface area contributed by atoms with Crippen LogP contribution in [0.2, 0.25) is 5.02 Å². The molecule has 0 radical (unpaired) electrons. The summed E-state index contributed by atoms with van der Waals surface area (Å²) in [6, 6.07) is 14.5. The Balaban J connectivity index is 1.45. The van der Waals surface area contributed by atoms with E-state index in [2.05, 4.69) is 15.5 Å². The van der Waals surface area contributed by atoms with Crippen LogP contribution >= 0.6 is 34.7 Å². The lowest BCUT2D eigenvalue weighted by Gasteiger charge is -2.15. The minimum absolute atomic E-state index is 0.0675. The van der Waals surface area contributed by atoms with Crippen LogP contribution in [0.1, 0.15) is 36.1 Å². The molecule has 4 rings (SSSR count). The third kappa shape index (κ3) is 6.73. The van der Waals surface area contributed by atoms with Gasteiger partial charge in [0.25, 0.3) is 0 Å². The van der Waals surface area contributed by atoms with Crippen LogP contribution in [0.3, 0.4) is 0 Å². The first kappa shape index (κ1) is 28.5. The number of nitrogens with one attached hydrogen (secondary N) is 1. The number of rotatable bonds is 11. The number of aromatic nitrogens is 3. The van der Waals surface area contributed by atoms with Crippen LogP contribution in [0.15, 0.2) is 59.1 Å². The number of thiophene rings is 1. The number of thioether (sulfide) groups is 1. The molecule has 1 N–H and O–H groups in total. The van der Waals surface area contributed by atoms with Crippen molar-refractivity contribution in [2.45, 2.75) is 31.7 Å². The highest BCUT2D eigenvalue weighted by Crippen LogP contribution is 2.37. The van der Waals surface area contributed by atoms with Gasteiger partial charge in [0.2, 0.25) is 5.91 Å². The molecule has 9 nitrogen and oxygen atoms in total. The normalized spacial score (nSPS) is 11.6. The van der Waals surface area contributed by atoms with Gasteiger partial charge in [-0.05, 0) is 49.7 Å². The molecule has 0 aliphatic carbocycles. The number of methoxy groups -OCH3 is 2. The maximum atomic E-state index is 12.9. The molecule has 0 spiro atoms. The van der Waals surface area contributed by atoms with Crippen LogP contribution < -0.4 is 14.8 Å². The molecule has 12 heteroatoms.